The summed E-state index contributed by atoms with van der Waals surface area (Å²) in [5, 5.41) is 2.38. The first kappa shape index (κ1) is 17.3. The number of halogens is 3. The van der Waals surface area contributed by atoms with Gasteiger partial charge >= 0.3 is 0 Å². The van der Waals surface area contributed by atoms with Crippen LogP contribution in [0.3, 0.4) is 0 Å². The molecule has 1 aliphatic rings. The average Bonchev–Trinajstić information content (AvgIpc) is 2.50. The molecule has 1 aromatic rings. The Morgan fingerprint density at radius 3 is 2.61 bits per heavy atom. The second kappa shape index (κ2) is 6.60. The molecule has 1 aliphatic heterocycles. The van der Waals surface area contributed by atoms with Crippen molar-refractivity contribution in [2.75, 3.05) is 11.4 Å². The largest absolute Gasteiger partial charge is 0.344 e. The fourth-order valence-corrected chi connectivity index (χ4v) is 2.36. The highest BCUT2D eigenvalue weighted by Gasteiger charge is 2.41. The van der Waals surface area contributed by atoms with Crippen LogP contribution in [0.1, 0.15) is 26.7 Å². The van der Waals surface area contributed by atoms with Crippen molar-refractivity contribution in [1.29, 1.82) is 0 Å². The van der Waals surface area contributed by atoms with E-state index in [9.17, 15) is 22.8 Å². The van der Waals surface area contributed by atoms with E-state index in [0.29, 0.717) is 19.4 Å². The summed E-state index contributed by atoms with van der Waals surface area (Å²) in [4.78, 5) is 25.7. The lowest BCUT2D eigenvalue weighted by atomic mass is 9.92. The second-order valence-corrected chi connectivity index (χ2v) is 6.13. The number of alkyl halides is 2. The molecule has 1 atom stereocenters. The fraction of sp³-hybridized carbons (Fsp3) is 0.500. The van der Waals surface area contributed by atoms with Crippen molar-refractivity contribution in [1.82, 2.24) is 5.32 Å². The molecule has 0 spiro atoms. The van der Waals surface area contributed by atoms with Gasteiger partial charge in [-0.2, -0.15) is 0 Å². The quantitative estimate of drug-likeness (QED) is 0.924. The Balaban J connectivity index is 2.15. The molecule has 0 unspecified atom stereocenters. The lowest BCUT2D eigenvalue weighted by Gasteiger charge is -2.34. The number of nitrogens with one attached hydrogen (secondary N) is 1. The molecule has 1 fully saturated rings. The molecule has 1 heterocycles. The zero-order chi connectivity index (χ0) is 17.2. The predicted octanol–water partition coefficient (Wildman–Crippen LogP) is 2.73. The van der Waals surface area contributed by atoms with Crippen LogP contribution in [0.25, 0.3) is 0 Å². The minimum Gasteiger partial charge on any atom is -0.344 e. The third-order valence-electron chi connectivity index (χ3n) is 4.02. The third kappa shape index (κ3) is 3.48. The Bertz CT molecular complexity index is 605. The number of piperidine rings is 1. The van der Waals surface area contributed by atoms with E-state index in [2.05, 4.69) is 5.32 Å². The normalized spacial score (nSPS) is 19.1. The first-order valence-electron chi connectivity index (χ1n) is 7.40. The molecule has 0 radical (unpaired) electrons. The topological polar surface area (TPSA) is 49.4 Å². The van der Waals surface area contributed by atoms with Gasteiger partial charge in [0.1, 0.15) is 17.3 Å². The van der Waals surface area contributed by atoms with E-state index in [0.717, 1.165) is 13.8 Å². The van der Waals surface area contributed by atoms with Crippen LogP contribution in [-0.4, -0.2) is 30.8 Å². The Kier molecular flexibility index (Phi) is 4.97. The summed E-state index contributed by atoms with van der Waals surface area (Å²) in [7, 11) is 0. The molecule has 0 aliphatic carbocycles. The molecule has 0 bridgehead atoms. The van der Waals surface area contributed by atoms with Gasteiger partial charge in [0, 0.05) is 6.54 Å². The van der Waals surface area contributed by atoms with Crippen LogP contribution in [-0.2, 0) is 9.59 Å². The van der Waals surface area contributed by atoms with E-state index >= 15 is 0 Å². The molecular weight excluding hydrogens is 309 g/mol. The SMILES string of the molecule is CC(C)(C(=O)N[C@@H]1CCCN(c2ccccc2F)C1=O)C(F)F. The van der Waals surface area contributed by atoms with E-state index in [1.807, 2.05) is 0 Å². The third-order valence-corrected chi connectivity index (χ3v) is 4.02. The molecule has 2 amide bonds. The molecule has 1 saturated heterocycles. The maximum Gasteiger partial charge on any atom is 0.252 e. The minimum absolute atomic E-state index is 0.129. The zero-order valence-corrected chi connectivity index (χ0v) is 13.0. The summed E-state index contributed by atoms with van der Waals surface area (Å²) in [5.41, 5.74) is -1.76. The number of carbonyl (C=O) groups is 2. The smallest absolute Gasteiger partial charge is 0.252 e. The number of carbonyl (C=O) groups excluding carboxylic acids is 2. The van der Waals surface area contributed by atoms with Crippen LogP contribution in [0.4, 0.5) is 18.9 Å². The van der Waals surface area contributed by atoms with Crippen LogP contribution in [0.2, 0.25) is 0 Å². The molecule has 126 valence electrons. The molecule has 23 heavy (non-hydrogen) atoms. The molecule has 2 rings (SSSR count). The predicted molar refractivity (Wildman–Crippen MR) is 79.7 cm³/mol. The van der Waals surface area contributed by atoms with Crippen molar-refractivity contribution in [3.8, 4) is 0 Å². The van der Waals surface area contributed by atoms with Gasteiger partial charge in [-0.15, -0.1) is 0 Å². The van der Waals surface area contributed by atoms with E-state index < -0.39 is 35.5 Å². The van der Waals surface area contributed by atoms with Crippen LogP contribution in [0.15, 0.2) is 24.3 Å². The Morgan fingerprint density at radius 2 is 2.00 bits per heavy atom. The minimum atomic E-state index is -2.84. The standard InChI is InChI=1S/C16H19F3N2O2/c1-16(2,14(18)19)15(23)20-11-7-5-9-21(13(11)22)12-8-4-3-6-10(12)17/h3-4,6,8,11,14H,5,7,9H2,1-2H3,(H,20,23)/t11-/m1/s1. The van der Waals surface area contributed by atoms with Gasteiger partial charge in [-0.25, -0.2) is 13.2 Å². The van der Waals surface area contributed by atoms with E-state index in [4.69, 9.17) is 0 Å². The van der Waals surface area contributed by atoms with E-state index in [1.54, 1.807) is 6.07 Å². The fourth-order valence-electron chi connectivity index (χ4n) is 2.36. The number of hydrogen-bond acceptors (Lipinski definition) is 2. The van der Waals surface area contributed by atoms with Gasteiger partial charge in [0.05, 0.1) is 5.69 Å². The molecule has 1 N–H and O–H groups in total. The van der Waals surface area contributed by atoms with Gasteiger partial charge in [0.15, 0.2) is 0 Å². The number of amides is 2. The van der Waals surface area contributed by atoms with E-state index in [1.165, 1.54) is 23.1 Å². The average molecular weight is 328 g/mol. The summed E-state index contributed by atoms with van der Waals surface area (Å²) in [5.74, 6) is -1.92. The van der Waals surface area contributed by atoms with Crippen LogP contribution in [0, 0.1) is 11.2 Å². The van der Waals surface area contributed by atoms with Crippen molar-refractivity contribution in [3.05, 3.63) is 30.1 Å². The first-order chi connectivity index (χ1) is 10.7. The molecule has 0 saturated carbocycles. The first-order valence-corrected chi connectivity index (χ1v) is 7.40. The summed E-state index contributed by atoms with van der Waals surface area (Å²) in [6.07, 6.45) is -1.96. The van der Waals surface area contributed by atoms with Gasteiger partial charge in [0.25, 0.3) is 6.43 Å². The number of benzene rings is 1. The van der Waals surface area contributed by atoms with Crippen molar-refractivity contribution < 1.29 is 22.8 Å². The lowest BCUT2D eigenvalue weighted by Crippen LogP contribution is -2.55. The van der Waals surface area contributed by atoms with Crippen molar-refractivity contribution in [3.63, 3.8) is 0 Å². The summed E-state index contributed by atoms with van der Waals surface area (Å²) in [6, 6.07) is 4.91. The summed E-state index contributed by atoms with van der Waals surface area (Å²) in [6.45, 7) is 2.56. The highest BCUT2D eigenvalue weighted by molar-refractivity contribution is 6.00. The molecular formula is C16H19F3N2O2. The Labute approximate surface area is 132 Å². The maximum atomic E-state index is 13.9. The highest BCUT2D eigenvalue weighted by Crippen LogP contribution is 2.27. The van der Waals surface area contributed by atoms with Crippen molar-refractivity contribution in [2.24, 2.45) is 5.41 Å². The second-order valence-electron chi connectivity index (χ2n) is 6.13. The molecule has 1 aromatic carbocycles. The van der Waals surface area contributed by atoms with Crippen LogP contribution in [0.5, 0.6) is 0 Å². The van der Waals surface area contributed by atoms with Gasteiger partial charge in [-0.3, -0.25) is 9.59 Å². The number of rotatable bonds is 4. The Morgan fingerprint density at radius 1 is 1.35 bits per heavy atom. The number of para-hydroxylation sites is 1. The molecule has 4 nitrogen and oxygen atoms in total. The lowest BCUT2D eigenvalue weighted by molar-refractivity contribution is -0.140. The van der Waals surface area contributed by atoms with Crippen LogP contribution < -0.4 is 10.2 Å². The number of anilines is 1. The van der Waals surface area contributed by atoms with Gasteiger partial charge in [-0.1, -0.05) is 12.1 Å². The van der Waals surface area contributed by atoms with Gasteiger partial charge in [-0.05, 0) is 38.8 Å². The maximum absolute atomic E-state index is 13.9. The summed E-state index contributed by atoms with van der Waals surface area (Å²) < 4.78 is 39.7. The van der Waals surface area contributed by atoms with Crippen molar-refractivity contribution in [2.45, 2.75) is 39.2 Å². The van der Waals surface area contributed by atoms with Crippen LogP contribution >= 0.6 is 0 Å². The Hall–Kier alpha value is -2.05. The molecule has 7 heteroatoms. The van der Waals surface area contributed by atoms with Crippen molar-refractivity contribution >= 4 is 17.5 Å². The highest BCUT2D eigenvalue weighted by atomic mass is 19.3. The number of nitrogens with zero attached hydrogens (tertiary/aromatic N) is 1. The summed E-state index contributed by atoms with van der Waals surface area (Å²) >= 11 is 0. The zero-order valence-electron chi connectivity index (χ0n) is 13.0. The monoisotopic (exact) mass is 328 g/mol. The molecule has 0 aromatic heterocycles. The van der Waals surface area contributed by atoms with Gasteiger partial charge in [0.2, 0.25) is 11.8 Å². The van der Waals surface area contributed by atoms with E-state index in [-0.39, 0.29) is 5.69 Å². The van der Waals surface area contributed by atoms with Gasteiger partial charge < -0.3 is 10.2 Å². The number of hydrogen-bond donors (Lipinski definition) is 1.